The molecule has 0 bridgehead atoms. The Kier molecular flexibility index (Phi) is 5.80. The van der Waals surface area contributed by atoms with Gasteiger partial charge in [-0.25, -0.2) is 8.78 Å². The van der Waals surface area contributed by atoms with Gasteiger partial charge in [-0.15, -0.1) is 4.99 Å². The van der Waals surface area contributed by atoms with Gasteiger partial charge in [0, 0.05) is 36.3 Å². The number of aromatic amines is 1. The van der Waals surface area contributed by atoms with Crippen LogP contribution < -0.4 is 10.4 Å². The van der Waals surface area contributed by atoms with E-state index in [9.17, 15) is 14.0 Å². The first-order valence-electron chi connectivity index (χ1n) is 13.0. The molecule has 2 atom stereocenters. The molecule has 3 aliphatic heterocycles. The Bertz CT molecular complexity index is 1680. The number of benzene rings is 3. The summed E-state index contributed by atoms with van der Waals surface area (Å²) < 4.78 is 41.9. The number of nitriles is 1. The highest BCUT2D eigenvalue weighted by molar-refractivity contribution is 5.95. The van der Waals surface area contributed by atoms with Crippen LogP contribution in [0.3, 0.4) is 0 Å². The van der Waals surface area contributed by atoms with Crippen LogP contribution in [0.2, 0.25) is 0 Å². The molecule has 0 saturated carbocycles. The predicted octanol–water partition coefficient (Wildman–Crippen LogP) is 4.76. The van der Waals surface area contributed by atoms with Crippen molar-refractivity contribution in [1.82, 2.24) is 14.5 Å². The number of aromatic nitrogens is 2. The van der Waals surface area contributed by atoms with E-state index in [4.69, 9.17) is 9.47 Å². The van der Waals surface area contributed by atoms with E-state index in [0.717, 1.165) is 66.0 Å². The quantitative estimate of drug-likeness (QED) is 0.383. The van der Waals surface area contributed by atoms with Gasteiger partial charge in [-0.2, -0.15) is 5.26 Å². The molecular formula is C30H25F2N5O2. The van der Waals surface area contributed by atoms with Gasteiger partial charge in [0.25, 0.3) is 0 Å². The van der Waals surface area contributed by atoms with Gasteiger partial charge in [-0.05, 0) is 65.6 Å². The number of nitrogens with one attached hydrogen (secondary N) is 1. The van der Waals surface area contributed by atoms with Crippen molar-refractivity contribution < 1.29 is 18.3 Å². The van der Waals surface area contributed by atoms with Crippen LogP contribution in [0.15, 0.2) is 59.6 Å². The monoisotopic (exact) mass is 525 g/mol. The fourth-order valence-corrected chi connectivity index (χ4v) is 6.15. The maximum atomic E-state index is 14.1. The predicted molar refractivity (Wildman–Crippen MR) is 141 cm³/mol. The lowest BCUT2D eigenvalue weighted by Crippen LogP contribution is -2.40. The van der Waals surface area contributed by atoms with E-state index in [1.807, 2.05) is 30.5 Å². The second-order valence-electron chi connectivity index (χ2n) is 10.2. The Labute approximate surface area is 223 Å². The number of hydrogen-bond donors (Lipinski definition) is 1. The molecule has 0 amide bonds. The van der Waals surface area contributed by atoms with Gasteiger partial charge in [-0.1, -0.05) is 12.1 Å². The summed E-state index contributed by atoms with van der Waals surface area (Å²) in [6, 6.07) is 15.7. The summed E-state index contributed by atoms with van der Waals surface area (Å²) in [5.41, 5.74) is 6.28. The molecule has 7 rings (SSSR count). The highest BCUT2D eigenvalue weighted by atomic mass is 19.1. The van der Waals surface area contributed by atoms with Gasteiger partial charge in [0.05, 0.1) is 30.3 Å². The Hall–Kier alpha value is -4.26. The molecule has 0 spiro atoms. The number of morpholine rings is 1. The van der Waals surface area contributed by atoms with Crippen molar-refractivity contribution in [3.05, 3.63) is 94.1 Å². The summed E-state index contributed by atoms with van der Waals surface area (Å²) in [6.45, 7) is 3.40. The minimum absolute atomic E-state index is 0.139. The summed E-state index contributed by atoms with van der Waals surface area (Å²) >= 11 is 0. The molecule has 1 aromatic heterocycles. The summed E-state index contributed by atoms with van der Waals surface area (Å²) in [5, 5.41) is 9.39. The molecule has 2 saturated heterocycles. The van der Waals surface area contributed by atoms with E-state index < -0.39 is 5.82 Å². The lowest BCUT2D eigenvalue weighted by molar-refractivity contribution is 0.0128. The third-order valence-corrected chi connectivity index (χ3v) is 7.90. The second kappa shape index (κ2) is 9.49. The Morgan fingerprint density at radius 3 is 2.72 bits per heavy atom. The molecule has 7 nitrogen and oxygen atoms in total. The summed E-state index contributed by atoms with van der Waals surface area (Å²) in [5.74, 6) is -0.339. The topological polar surface area (TPSA) is 78.6 Å². The average Bonchev–Trinajstić information content (AvgIpc) is 3.47. The molecule has 0 unspecified atom stereocenters. The first-order chi connectivity index (χ1) is 19.1. The zero-order valence-corrected chi connectivity index (χ0v) is 21.0. The lowest BCUT2D eigenvalue weighted by atomic mass is 9.92. The van der Waals surface area contributed by atoms with Crippen LogP contribution in [0.1, 0.15) is 34.7 Å². The van der Waals surface area contributed by atoms with E-state index in [1.54, 1.807) is 12.1 Å². The minimum atomic E-state index is -0.397. The third kappa shape index (κ3) is 4.22. The third-order valence-electron chi connectivity index (χ3n) is 7.90. The number of imidazole rings is 1. The molecule has 4 heterocycles. The molecule has 39 heavy (non-hydrogen) atoms. The number of hydrogen-bond acceptors (Lipinski definition) is 5. The Morgan fingerprint density at radius 1 is 1.03 bits per heavy atom. The summed E-state index contributed by atoms with van der Waals surface area (Å²) in [4.78, 5) is 9.89. The smallest absolute Gasteiger partial charge is 0.219 e. The zero-order valence-electron chi connectivity index (χ0n) is 21.0. The van der Waals surface area contributed by atoms with Crippen molar-refractivity contribution >= 4 is 22.7 Å². The Morgan fingerprint density at radius 2 is 1.87 bits per heavy atom. The highest BCUT2D eigenvalue weighted by Gasteiger charge is 2.36. The van der Waals surface area contributed by atoms with Crippen LogP contribution in [0.25, 0.3) is 22.7 Å². The SMILES string of the molecule is N#C/N=c1\[nH]c2cc(/C=C3\c4ccc(F)cc4COc4cc(F)ccc43)ccc2n1[C@@H]1C[C@H]2COCCN2C1. The minimum Gasteiger partial charge on any atom is -0.488 e. The number of rotatable bonds is 2. The molecule has 3 aromatic carbocycles. The molecular weight excluding hydrogens is 500 g/mol. The largest absolute Gasteiger partial charge is 0.488 e. The van der Waals surface area contributed by atoms with E-state index >= 15 is 0 Å². The van der Waals surface area contributed by atoms with Crippen LogP contribution in [-0.2, 0) is 11.3 Å². The number of fused-ring (bicyclic) bond motifs is 4. The van der Waals surface area contributed by atoms with E-state index in [2.05, 4.69) is 19.4 Å². The Balaban J connectivity index is 1.35. The number of H-pyrrole nitrogens is 1. The second-order valence-corrected chi connectivity index (χ2v) is 10.2. The molecule has 1 N–H and O–H groups in total. The van der Waals surface area contributed by atoms with Gasteiger partial charge < -0.3 is 19.0 Å². The van der Waals surface area contributed by atoms with E-state index in [0.29, 0.717) is 23.0 Å². The average molecular weight is 526 g/mol. The van der Waals surface area contributed by atoms with Crippen molar-refractivity contribution in [2.24, 2.45) is 4.99 Å². The molecule has 0 radical (unpaired) electrons. The van der Waals surface area contributed by atoms with Crippen LogP contribution in [0.4, 0.5) is 8.78 Å². The fourth-order valence-electron chi connectivity index (χ4n) is 6.15. The fraction of sp³-hybridized carbons (Fsp3) is 0.267. The number of ether oxygens (including phenoxy) is 2. The van der Waals surface area contributed by atoms with E-state index in [1.165, 1.54) is 24.3 Å². The van der Waals surface area contributed by atoms with Crippen molar-refractivity contribution in [2.75, 3.05) is 26.3 Å². The lowest BCUT2D eigenvalue weighted by Gasteiger charge is -2.28. The maximum Gasteiger partial charge on any atom is 0.219 e. The first kappa shape index (κ1) is 23.8. The van der Waals surface area contributed by atoms with Crippen LogP contribution in [-0.4, -0.2) is 46.8 Å². The van der Waals surface area contributed by atoms with Crippen molar-refractivity contribution in [3.8, 4) is 11.9 Å². The number of halogens is 2. The van der Waals surface area contributed by atoms with Crippen LogP contribution in [0, 0.1) is 23.1 Å². The van der Waals surface area contributed by atoms with Gasteiger partial charge in [-0.3, -0.25) is 4.90 Å². The van der Waals surface area contributed by atoms with Gasteiger partial charge in [0.1, 0.15) is 24.0 Å². The highest BCUT2D eigenvalue weighted by Crippen LogP contribution is 2.39. The van der Waals surface area contributed by atoms with Crippen molar-refractivity contribution in [2.45, 2.75) is 25.1 Å². The van der Waals surface area contributed by atoms with Crippen molar-refractivity contribution in [1.29, 1.82) is 5.26 Å². The summed E-state index contributed by atoms with van der Waals surface area (Å²) in [7, 11) is 0. The molecule has 0 aliphatic carbocycles. The maximum absolute atomic E-state index is 14.1. The molecule has 4 aromatic rings. The summed E-state index contributed by atoms with van der Waals surface area (Å²) in [6.07, 6.45) is 4.87. The zero-order chi connectivity index (χ0) is 26.5. The van der Waals surface area contributed by atoms with Gasteiger partial charge in [0.2, 0.25) is 11.8 Å². The molecule has 3 aliphatic rings. The standard InChI is InChI=1S/C30H25F2N5O2/c31-20-2-4-24-19(11-20)15-39-29-12-21(32)3-5-25(29)26(24)9-18-1-6-28-27(10-18)35-30(34-17-33)37(28)22-13-23-16-38-8-7-36(23)14-22/h1-6,9-12,22-23H,7-8,13-16H2,(H,34,35)/b26-9+/t22-,23+/m1/s1. The molecule has 2 fully saturated rings. The van der Waals surface area contributed by atoms with E-state index in [-0.39, 0.29) is 18.5 Å². The van der Waals surface area contributed by atoms with Crippen molar-refractivity contribution in [3.63, 3.8) is 0 Å². The number of nitrogens with zero attached hydrogens (tertiary/aromatic N) is 4. The van der Waals surface area contributed by atoms with Gasteiger partial charge >= 0.3 is 0 Å². The van der Waals surface area contributed by atoms with Crippen LogP contribution in [0.5, 0.6) is 5.75 Å². The molecule has 9 heteroatoms. The molecule has 196 valence electrons. The first-order valence-corrected chi connectivity index (χ1v) is 13.0. The van der Waals surface area contributed by atoms with Crippen LogP contribution >= 0.6 is 0 Å². The van der Waals surface area contributed by atoms with Gasteiger partial charge in [0.15, 0.2) is 0 Å². The normalized spacial score (nSPS) is 22.2.